The third-order valence-electron chi connectivity index (χ3n) is 3.69. The molecule has 5 nitrogen and oxygen atoms in total. The number of rotatable bonds is 6. The summed E-state index contributed by atoms with van der Waals surface area (Å²) >= 11 is 1.77. The van der Waals surface area contributed by atoms with E-state index in [-0.39, 0.29) is 11.8 Å². The first-order chi connectivity index (χ1) is 10.6. The number of aryl methyl sites for hydroxylation is 2. The lowest BCUT2D eigenvalue weighted by molar-refractivity contribution is -0.139. The summed E-state index contributed by atoms with van der Waals surface area (Å²) in [7, 11) is 0. The van der Waals surface area contributed by atoms with Gasteiger partial charge in [0, 0.05) is 29.3 Å². The molecule has 1 N–H and O–H groups in total. The first-order valence-corrected chi connectivity index (χ1v) is 8.59. The highest BCUT2D eigenvalue weighted by Gasteiger charge is 2.23. The van der Waals surface area contributed by atoms with Crippen molar-refractivity contribution in [3.8, 4) is 0 Å². The zero-order valence-corrected chi connectivity index (χ0v) is 14.1. The van der Waals surface area contributed by atoms with Crippen LogP contribution in [0.2, 0.25) is 0 Å². The van der Waals surface area contributed by atoms with Gasteiger partial charge >= 0.3 is 0 Å². The Labute approximate surface area is 135 Å². The highest BCUT2D eigenvalue weighted by Crippen LogP contribution is 2.17. The van der Waals surface area contributed by atoms with Crippen molar-refractivity contribution in [2.45, 2.75) is 39.2 Å². The van der Waals surface area contributed by atoms with E-state index in [0.29, 0.717) is 32.7 Å². The largest absolute Gasteiger partial charge is 0.378 e. The third-order valence-corrected chi connectivity index (χ3v) is 4.75. The van der Waals surface area contributed by atoms with Crippen LogP contribution in [0.3, 0.4) is 0 Å². The van der Waals surface area contributed by atoms with Crippen molar-refractivity contribution in [3.05, 3.63) is 21.9 Å². The van der Waals surface area contributed by atoms with Gasteiger partial charge in [0.25, 0.3) is 0 Å². The number of nitrogens with one attached hydrogen (secondary N) is 1. The first kappa shape index (κ1) is 17.0. The fourth-order valence-electron chi connectivity index (χ4n) is 2.48. The minimum Gasteiger partial charge on any atom is -0.378 e. The summed E-state index contributed by atoms with van der Waals surface area (Å²) in [6.45, 7) is 6.20. The van der Waals surface area contributed by atoms with Crippen molar-refractivity contribution < 1.29 is 14.3 Å². The lowest BCUT2D eigenvalue weighted by Crippen LogP contribution is -2.50. The molecule has 2 heterocycles. The van der Waals surface area contributed by atoms with Crippen LogP contribution in [-0.2, 0) is 20.7 Å². The molecule has 122 valence electrons. The fourth-order valence-corrected chi connectivity index (χ4v) is 3.41. The number of ether oxygens (including phenoxy) is 1. The van der Waals surface area contributed by atoms with E-state index in [2.05, 4.69) is 24.4 Å². The molecule has 0 unspecified atom stereocenters. The van der Waals surface area contributed by atoms with Crippen molar-refractivity contribution in [3.63, 3.8) is 0 Å². The minimum absolute atomic E-state index is 0.0227. The number of carbonyl (C=O) groups is 2. The van der Waals surface area contributed by atoms with Crippen LogP contribution in [0.1, 0.15) is 29.5 Å². The Bertz CT molecular complexity index is 509. The maximum atomic E-state index is 12.2. The molecule has 0 spiro atoms. The second-order valence-corrected chi connectivity index (χ2v) is 6.97. The molecular weight excluding hydrogens is 300 g/mol. The Balaban J connectivity index is 1.68. The molecule has 0 bridgehead atoms. The molecule has 1 aliphatic heterocycles. The first-order valence-electron chi connectivity index (χ1n) is 7.77. The number of hydrogen-bond acceptors (Lipinski definition) is 4. The van der Waals surface area contributed by atoms with Crippen molar-refractivity contribution in [2.24, 2.45) is 0 Å². The second kappa shape index (κ2) is 8.29. The van der Waals surface area contributed by atoms with E-state index in [1.807, 2.05) is 0 Å². The van der Waals surface area contributed by atoms with E-state index in [0.717, 1.165) is 12.8 Å². The molecule has 1 aromatic heterocycles. The van der Waals surface area contributed by atoms with Crippen LogP contribution in [-0.4, -0.2) is 49.1 Å². The van der Waals surface area contributed by atoms with Gasteiger partial charge in [0.2, 0.25) is 11.8 Å². The SMILES string of the molecule is Cc1ccc(CCCC(=O)N[C@@H](C)C(=O)N2CCOCC2)s1. The molecule has 0 aromatic carbocycles. The Hall–Kier alpha value is -1.40. The van der Waals surface area contributed by atoms with Crippen molar-refractivity contribution in [1.82, 2.24) is 10.2 Å². The molecule has 0 aliphatic carbocycles. The third kappa shape index (κ3) is 5.10. The van der Waals surface area contributed by atoms with Gasteiger partial charge in [-0.25, -0.2) is 0 Å². The summed E-state index contributed by atoms with van der Waals surface area (Å²) in [4.78, 5) is 28.5. The molecule has 2 rings (SSSR count). The number of nitrogens with zero attached hydrogens (tertiary/aromatic N) is 1. The van der Waals surface area contributed by atoms with E-state index < -0.39 is 6.04 Å². The lowest BCUT2D eigenvalue weighted by atomic mass is 10.2. The van der Waals surface area contributed by atoms with Crippen LogP contribution in [0.15, 0.2) is 12.1 Å². The number of hydrogen-bond donors (Lipinski definition) is 1. The number of thiophene rings is 1. The standard InChI is InChI=1S/C16H24N2O3S/c1-12-6-7-14(22-12)4-3-5-15(19)17-13(2)16(20)18-8-10-21-11-9-18/h6-7,13H,3-5,8-11H2,1-2H3,(H,17,19)/t13-/m0/s1. The zero-order valence-electron chi connectivity index (χ0n) is 13.3. The van der Waals surface area contributed by atoms with Crippen molar-refractivity contribution in [2.75, 3.05) is 26.3 Å². The van der Waals surface area contributed by atoms with E-state index in [4.69, 9.17) is 4.74 Å². The average Bonchev–Trinajstić information content (AvgIpc) is 2.92. The molecule has 1 aromatic rings. The molecule has 0 saturated carbocycles. The Morgan fingerprint density at radius 3 is 2.73 bits per heavy atom. The zero-order chi connectivity index (χ0) is 15.9. The van der Waals surface area contributed by atoms with Gasteiger partial charge in [-0.3, -0.25) is 9.59 Å². The van der Waals surface area contributed by atoms with Crippen LogP contribution in [0.4, 0.5) is 0 Å². The number of amides is 2. The van der Waals surface area contributed by atoms with Crippen LogP contribution in [0.5, 0.6) is 0 Å². The van der Waals surface area contributed by atoms with E-state index in [1.54, 1.807) is 23.2 Å². The summed E-state index contributed by atoms with van der Waals surface area (Å²) in [6, 6.07) is 3.75. The van der Waals surface area contributed by atoms with Crippen LogP contribution in [0.25, 0.3) is 0 Å². The van der Waals surface area contributed by atoms with Gasteiger partial charge in [-0.15, -0.1) is 11.3 Å². The van der Waals surface area contributed by atoms with E-state index in [1.165, 1.54) is 9.75 Å². The quantitative estimate of drug-likeness (QED) is 0.867. The molecule has 22 heavy (non-hydrogen) atoms. The highest BCUT2D eigenvalue weighted by molar-refractivity contribution is 7.11. The fraction of sp³-hybridized carbons (Fsp3) is 0.625. The smallest absolute Gasteiger partial charge is 0.245 e. The van der Waals surface area contributed by atoms with Gasteiger partial charge in [-0.2, -0.15) is 0 Å². The minimum atomic E-state index is -0.463. The molecule has 6 heteroatoms. The maximum Gasteiger partial charge on any atom is 0.245 e. The average molecular weight is 324 g/mol. The van der Waals surface area contributed by atoms with Crippen LogP contribution >= 0.6 is 11.3 Å². The van der Waals surface area contributed by atoms with Crippen LogP contribution < -0.4 is 5.32 Å². The monoisotopic (exact) mass is 324 g/mol. The Morgan fingerprint density at radius 2 is 2.09 bits per heavy atom. The maximum absolute atomic E-state index is 12.2. The summed E-state index contributed by atoms with van der Waals surface area (Å²) < 4.78 is 5.23. The molecular formula is C16H24N2O3S. The predicted molar refractivity (Wildman–Crippen MR) is 87.0 cm³/mol. The van der Waals surface area contributed by atoms with Gasteiger partial charge in [0.05, 0.1) is 13.2 Å². The lowest BCUT2D eigenvalue weighted by Gasteiger charge is -2.29. The highest BCUT2D eigenvalue weighted by atomic mass is 32.1. The van der Waals surface area contributed by atoms with Crippen LogP contribution in [0, 0.1) is 6.92 Å². The molecule has 1 aliphatic rings. The van der Waals surface area contributed by atoms with Gasteiger partial charge in [0.1, 0.15) is 6.04 Å². The van der Waals surface area contributed by atoms with E-state index >= 15 is 0 Å². The molecule has 1 fully saturated rings. The number of morpholine rings is 1. The summed E-state index contributed by atoms with van der Waals surface area (Å²) in [6.07, 6.45) is 2.18. The van der Waals surface area contributed by atoms with Gasteiger partial charge in [-0.05, 0) is 38.8 Å². The second-order valence-electron chi connectivity index (χ2n) is 5.59. The molecule has 1 atom stereocenters. The Morgan fingerprint density at radius 1 is 1.36 bits per heavy atom. The predicted octanol–water partition coefficient (Wildman–Crippen LogP) is 1.74. The normalized spacial score (nSPS) is 16.4. The molecule has 1 saturated heterocycles. The van der Waals surface area contributed by atoms with Gasteiger partial charge < -0.3 is 15.0 Å². The molecule has 2 amide bonds. The topological polar surface area (TPSA) is 58.6 Å². The number of carbonyl (C=O) groups excluding carboxylic acids is 2. The van der Waals surface area contributed by atoms with E-state index in [9.17, 15) is 9.59 Å². The van der Waals surface area contributed by atoms with Gasteiger partial charge in [0.15, 0.2) is 0 Å². The summed E-state index contributed by atoms with van der Waals surface area (Å²) in [5, 5.41) is 2.80. The summed E-state index contributed by atoms with van der Waals surface area (Å²) in [5.41, 5.74) is 0. The summed E-state index contributed by atoms with van der Waals surface area (Å²) in [5.74, 6) is -0.0760. The van der Waals surface area contributed by atoms with Crippen molar-refractivity contribution >= 4 is 23.2 Å². The Kier molecular flexibility index (Phi) is 6.39. The molecule has 0 radical (unpaired) electrons. The van der Waals surface area contributed by atoms with Gasteiger partial charge in [-0.1, -0.05) is 0 Å². The van der Waals surface area contributed by atoms with Crippen molar-refractivity contribution in [1.29, 1.82) is 0 Å².